The Balaban J connectivity index is 6.33. The summed E-state index contributed by atoms with van der Waals surface area (Å²) in [6.45, 7) is 10.3. The highest BCUT2D eigenvalue weighted by Gasteiger charge is 2.58. The van der Waals surface area contributed by atoms with Crippen LogP contribution in [0.4, 0.5) is 0 Å². The van der Waals surface area contributed by atoms with Crippen LogP contribution in [-0.2, 0) is 14.2 Å². The molecule has 0 aromatic carbocycles. The smallest absolute Gasteiger partial charge is 0.311 e. The maximum absolute atomic E-state index is 12.0. The van der Waals surface area contributed by atoms with Gasteiger partial charge in [0.15, 0.2) is 8.03 Å². The number of carboxylic acid groups (broad SMARTS) is 2. The van der Waals surface area contributed by atoms with Gasteiger partial charge in [0.25, 0.3) is 0 Å². The van der Waals surface area contributed by atoms with Crippen LogP contribution in [0.15, 0.2) is 0 Å². The van der Waals surface area contributed by atoms with Gasteiger partial charge in [0.2, 0.25) is 0 Å². The summed E-state index contributed by atoms with van der Waals surface area (Å²) in [5.41, 5.74) is -3.09. The molecule has 3 N–H and O–H groups in total. The van der Waals surface area contributed by atoms with E-state index in [4.69, 9.17) is 5.11 Å². The fraction of sp³-hybridized carbons (Fsp3) is 0.857. The lowest BCUT2D eigenvalue weighted by molar-refractivity contribution is -0.167. The zero-order valence-corrected chi connectivity index (χ0v) is 14.6. The zero-order valence-electron chi connectivity index (χ0n) is 13.6. The number of aliphatic carboxylic acids is 2. The summed E-state index contributed by atoms with van der Waals surface area (Å²) < 4.78 is 11.5. The van der Waals surface area contributed by atoms with Crippen molar-refractivity contribution >= 4 is 20.0 Å². The van der Waals surface area contributed by atoms with Crippen molar-refractivity contribution in [2.75, 3.05) is 6.16 Å². The molecular formula is C14H27O6P. The van der Waals surface area contributed by atoms with E-state index in [9.17, 15) is 24.2 Å². The molecule has 3 unspecified atom stereocenters. The van der Waals surface area contributed by atoms with Gasteiger partial charge in [-0.05, 0) is 16.7 Å². The van der Waals surface area contributed by atoms with Crippen molar-refractivity contribution in [1.82, 2.24) is 0 Å². The second kappa shape index (κ2) is 6.49. The second-order valence-electron chi connectivity index (χ2n) is 7.61. The highest BCUT2D eigenvalue weighted by molar-refractivity contribution is 7.38. The monoisotopic (exact) mass is 322 g/mol. The first kappa shape index (κ1) is 20.1. The van der Waals surface area contributed by atoms with Gasteiger partial charge in [-0.1, -0.05) is 41.5 Å². The van der Waals surface area contributed by atoms with Crippen molar-refractivity contribution in [2.45, 2.75) is 48.0 Å². The van der Waals surface area contributed by atoms with E-state index in [0.29, 0.717) is 0 Å². The Morgan fingerprint density at radius 1 is 1.05 bits per heavy atom. The third-order valence-electron chi connectivity index (χ3n) is 4.17. The minimum absolute atomic E-state index is 0.359. The van der Waals surface area contributed by atoms with E-state index in [1.54, 1.807) is 41.5 Å². The molecule has 0 rings (SSSR count). The van der Waals surface area contributed by atoms with Crippen LogP contribution in [0.1, 0.15) is 48.0 Å². The summed E-state index contributed by atoms with van der Waals surface area (Å²) in [6.07, 6.45) is -0.784. The van der Waals surface area contributed by atoms with Gasteiger partial charge < -0.3 is 15.1 Å². The molecule has 21 heavy (non-hydrogen) atoms. The summed E-state index contributed by atoms with van der Waals surface area (Å²) in [5, 5.41) is 19.0. The van der Waals surface area contributed by atoms with E-state index in [1.165, 1.54) is 0 Å². The summed E-state index contributed by atoms with van der Waals surface area (Å²) in [4.78, 5) is 32.6. The topological polar surface area (TPSA) is 112 Å². The molecule has 0 aromatic rings. The minimum Gasteiger partial charge on any atom is -0.481 e. The summed E-state index contributed by atoms with van der Waals surface area (Å²) in [6, 6.07) is 0. The molecule has 0 saturated carbocycles. The molecule has 0 radical (unpaired) electrons. The number of rotatable bonds is 6. The van der Waals surface area contributed by atoms with Crippen molar-refractivity contribution in [3.05, 3.63) is 0 Å². The fourth-order valence-electron chi connectivity index (χ4n) is 3.09. The predicted octanol–water partition coefficient (Wildman–Crippen LogP) is 2.71. The third kappa shape index (κ3) is 4.55. The Morgan fingerprint density at radius 2 is 1.48 bits per heavy atom. The normalized spacial score (nSPS) is 18.6. The Morgan fingerprint density at radius 3 is 1.67 bits per heavy atom. The average Bonchev–Trinajstić information content (AvgIpc) is 2.18. The Hall–Kier alpha value is -0.870. The highest BCUT2D eigenvalue weighted by Crippen LogP contribution is 2.55. The number of hydrogen-bond acceptors (Lipinski definition) is 3. The molecule has 7 heteroatoms. The maximum atomic E-state index is 12.0. The van der Waals surface area contributed by atoms with Crippen LogP contribution in [0.3, 0.4) is 0 Å². The Bertz CT molecular complexity index is 432. The average molecular weight is 322 g/mol. The van der Waals surface area contributed by atoms with Crippen molar-refractivity contribution in [3.63, 3.8) is 0 Å². The van der Waals surface area contributed by atoms with E-state index in [-0.39, 0.29) is 6.42 Å². The molecule has 0 heterocycles. The van der Waals surface area contributed by atoms with Crippen molar-refractivity contribution < 1.29 is 29.3 Å². The van der Waals surface area contributed by atoms with Crippen LogP contribution < -0.4 is 0 Å². The van der Waals surface area contributed by atoms with Crippen LogP contribution in [0, 0.1) is 22.2 Å². The highest BCUT2D eigenvalue weighted by atomic mass is 31.1. The molecule has 0 aliphatic rings. The molecule has 0 aliphatic carbocycles. The standard InChI is InChI=1S/C14H27O6P/c1-12(2,3)9(7-10(15)16)14(11(17)18,8-21(19)20)13(4,5)6/h9,21H,7-8H2,1-6H3,(H,15,16)(H,17,18)(H,19,20). The van der Waals surface area contributed by atoms with E-state index in [0.717, 1.165) is 0 Å². The van der Waals surface area contributed by atoms with E-state index in [2.05, 4.69) is 0 Å². The summed E-state index contributed by atoms with van der Waals surface area (Å²) >= 11 is 0. The van der Waals surface area contributed by atoms with Crippen molar-refractivity contribution in [2.24, 2.45) is 22.2 Å². The predicted molar refractivity (Wildman–Crippen MR) is 80.8 cm³/mol. The van der Waals surface area contributed by atoms with Gasteiger partial charge in [0, 0.05) is 12.6 Å². The Labute approximate surface area is 126 Å². The third-order valence-corrected chi connectivity index (χ3v) is 5.03. The SMILES string of the molecule is CC(C)(C)C(CC(=O)O)C(C[PH](=O)O)(C(=O)O)C(C)(C)C. The van der Waals surface area contributed by atoms with Crippen LogP contribution in [0.2, 0.25) is 0 Å². The lowest BCUT2D eigenvalue weighted by Crippen LogP contribution is -2.55. The van der Waals surface area contributed by atoms with Gasteiger partial charge in [-0.25, -0.2) is 0 Å². The summed E-state index contributed by atoms with van der Waals surface area (Å²) in [7, 11) is -3.08. The largest absolute Gasteiger partial charge is 0.481 e. The number of hydrogen-bond donors (Lipinski definition) is 3. The second-order valence-corrected chi connectivity index (χ2v) is 8.75. The lowest BCUT2D eigenvalue weighted by Gasteiger charge is -2.50. The zero-order chi connectivity index (χ0) is 17.2. The molecule has 0 bridgehead atoms. The number of carbonyl (C=O) groups is 2. The van der Waals surface area contributed by atoms with Crippen LogP contribution >= 0.6 is 8.03 Å². The van der Waals surface area contributed by atoms with Gasteiger partial charge in [-0.2, -0.15) is 0 Å². The number of carboxylic acids is 2. The van der Waals surface area contributed by atoms with E-state index >= 15 is 0 Å². The lowest BCUT2D eigenvalue weighted by atomic mass is 9.53. The van der Waals surface area contributed by atoms with Gasteiger partial charge >= 0.3 is 11.9 Å². The molecule has 0 saturated heterocycles. The van der Waals surface area contributed by atoms with Crippen molar-refractivity contribution in [1.29, 1.82) is 0 Å². The van der Waals surface area contributed by atoms with Crippen LogP contribution in [0.25, 0.3) is 0 Å². The van der Waals surface area contributed by atoms with Gasteiger partial charge in [0.05, 0.1) is 5.41 Å². The Kier molecular flexibility index (Phi) is 6.22. The van der Waals surface area contributed by atoms with Crippen molar-refractivity contribution in [3.8, 4) is 0 Å². The molecule has 0 aliphatic heterocycles. The molecule has 0 amide bonds. The van der Waals surface area contributed by atoms with E-state index < -0.39 is 48.3 Å². The quantitative estimate of drug-likeness (QED) is 0.648. The van der Waals surface area contributed by atoms with Gasteiger partial charge in [-0.3, -0.25) is 14.2 Å². The van der Waals surface area contributed by atoms with E-state index in [1.807, 2.05) is 0 Å². The molecule has 6 nitrogen and oxygen atoms in total. The van der Waals surface area contributed by atoms with Gasteiger partial charge in [0.1, 0.15) is 0 Å². The van der Waals surface area contributed by atoms with Crippen LogP contribution in [0.5, 0.6) is 0 Å². The molecule has 0 spiro atoms. The first-order chi connectivity index (χ1) is 9.16. The maximum Gasteiger partial charge on any atom is 0.311 e. The minimum atomic E-state index is -3.08. The van der Waals surface area contributed by atoms with Gasteiger partial charge in [-0.15, -0.1) is 0 Å². The molecular weight excluding hydrogens is 295 g/mol. The first-order valence-electron chi connectivity index (χ1n) is 6.83. The molecule has 3 atom stereocenters. The summed E-state index contributed by atoms with van der Waals surface area (Å²) in [5.74, 6) is -3.10. The molecule has 0 aromatic heterocycles. The fourth-order valence-corrected chi connectivity index (χ4v) is 4.49. The molecule has 0 fully saturated rings. The first-order valence-corrected chi connectivity index (χ1v) is 8.39. The van der Waals surface area contributed by atoms with Crippen LogP contribution in [-0.4, -0.2) is 33.2 Å². The molecule has 124 valence electrons.